The van der Waals surface area contributed by atoms with E-state index in [-0.39, 0.29) is 47.4 Å². The number of carbonyl (C=O) groups is 4. The maximum absolute atomic E-state index is 13.7. The number of carbonyl (C=O) groups excluding carboxylic acids is 4. The lowest BCUT2D eigenvalue weighted by Gasteiger charge is -2.41. The predicted octanol–water partition coefficient (Wildman–Crippen LogP) is 3.73. The van der Waals surface area contributed by atoms with Crippen molar-refractivity contribution in [2.24, 2.45) is 17.8 Å². The van der Waals surface area contributed by atoms with Gasteiger partial charge < -0.3 is 9.52 Å². The zero-order valence-corrected chi connectivity index (χ0v) is 20.7. The number of benzene rings is 1. The summed E-state index contributed by atoms with van der Waals surface area (Å²) >= 11 is 3.22. The van der Waals surface area contributed by atoms with Crippen LogP contribution in [-0.2, 0) is 32.3 Å². The van der Waals surface area contributed by atoms with Crippen LogP contribution >= 0.6 is 15.9 Å². The number of imide groups is 1. The Morgan fingerprint density at radius 3 is 2.50 bits per heavy atom. The Labute approximate surface area is 215 Å². The number of likely N-dealkylation sites (tertiary alicyclic amines) is 1. The van der Waals surface area contributed by atoms with Gasteiger partial charge in [-0.1, -0.05) is 42.0 Å². The number of allylic oxidation sites excluding steroid dienone is 6. The fourth-order valence-electron chi connectivity index (χ4n) is 6.16. The van der Waals surface area contributed by atoms with E-state index in [4.69, 9.17) is 4.42 Å². The molecule has 0 radical (unpaired) electrons. The van der Waals surface area contributed by atoms with Crippen LogP contribution in [0.2, 0.25) is 0 Å². The molecule has 36 heavy (non-hydrogen) atoms. The number of furan rings is 1. The third kappa shape index (κ3) is 3.43. The van der Waals surface area contributed by atoms with Crippen molar-refractivity contribution in [1.82, 2.24) is 4.90 Å². The van der Waals surface area contributed by atoms with Crippen molar-refractivity contribution in [3.8, 4) is 0 Å². The van der Waals surface area contributed by atoms with Crippen LogP contribution in [0.1, 0.15) is 35.8 Å². The van der Waals surface area contributed by atoms with E-state index < -0.39 is 23.7 Å². The number of fused-ring (bicyclic) bond motifs is 3. The number of hydrogen-bond donors (Lipinski definition) is 1. The number of ketones is 2. The van der Waals surface area contributed by atoms with Crippen LogP contribution in [0.15, 0.2) is 80.2 Å². The van der Waals surface area contributed by atoms with Gasteiger partial charge in [0, 0.05) is 17.2 Å². The molecule has 1 aromatic carbocycles. The summed E-state index contributed by atoms with van der Waals surface area (Å²) < 4.78 is 6.04. The van der Waals surface area contributed by atoms with Crippen molar-refractivity contribution in [2.75, 3.05) is 0 Å². The molecule has 1 aromatic heterocycles. The van der Waals surface area contributed by atoms with Gasteiger partial charge in [0.25, 0.3) is 0 Å². The van der Waals surface area contributed by atoms with Gasteiger partial charge in [-0.05, 0) is 52.4 Å². The Bertz CT molecular complexity index is 1410. The number of halogens is 1. The first-order chi connectivity index (χ1) is 17.4. The zero-order valence-electron chi connectivity index (χ0n) is 19.1. The van der Waals surface area contributed by atoms with Gasteiger partial charge in [0.2, 0.25) is 11.8 Å². The van der Waals surface area contributed by atoms with Gasteiger partial charge in [-0.25, -0.2) is 0 Å². The van der Waals surface area contributed by atoms with Crippen molar-refractivity contribution in [1.29, 1.82) is 0 Å². The molecule has 4 aliphatic rings. The smallest absolute Gasteiger partial charge is 0.234 e. The molecule has 6 rings (SSSR count). The summed E-state index contributed by atoms with van der Waals surface area (Å²) in [5, 5.41) is 9.54. The van der Waals surface area contributed by atoms with E-state index in [1.165, 1.54) is 11.0 Å². The van der Waals surface area contributed by atoms with Gasteiger partial charge in [-0.3, -0.25) is 24.1 Å². The van der Waals surface area contributed by atoms with Gasteiger partial charge in [0.15, 0.2) is 11.6 Å². The first-order valence-electron chi connectivity index (χ1n) is 11.9. The Morgan fingerprint density at radius 1 is 1.00 bits per heavy atom. The third-order valence-electron chi connectivity index (χ3n) is 7.73. The highest BCUT2D eigenvalue weighted by atomic mass is 79.9. The minimum atomic E-state index is -0.653. The molecule has 0 unspecified atom stereocenters. The lowest BCUT2D eigenvalue weighted by molar-refractivity contribution is -0.140. The Balaban J connectivity index is 1.43. The first kappa shape index (κ1) is 23.1. The minimum Gasteiger partial charge on any atom is -0.463 e. The molecular formula is C28H22BrNO6. The number of rotatable bonds is 4. The van der Waals surface area contributed by atoms with E-state index in [0.29, 0.717) is 29.1 Å². The number of aliphatic hydroxyl groups is 1. The fraction of sp³-hybridized carbons (Fsp3) is 0.286. The normalized spacial score (nSPS) is 27.6. The summed E-state index contributed by atoms with van der Waals surface area (Å²) in [5.41, 5.74) is 2.39. The molecule has 7 nitrogen and oxygen atoms in total. The number of hydrogen-bond acceptors (Lipinski definition) is 6. The second-order valence-electron chi connectivity index (χ2n) is 9.60. The maximum Gasteiger partial charge on any atom is 0.234 e. The van der Waals surface area contributed by atoms with E-state index in [2.05, 4.69) is 15.9 Å². The van der Waals surface area contributed by atoms with Crippen LogP contribution in [-0.4, -0.2) is 33.4 Å². The molecule has 0 spiro atoms. The molecule has 3 aliphatic carbocycles. The van der Waals surface area contributed by atoms with E-state index in [9.17, 15) is 24.3 Å². The van der Waals surface area contributed by atoms with Crippen LogP contribution in [0.5, 0.6) is 0 Å². The molecule has 0 saturated carbocycles. The average Bonchev–Trinajstić information content (AvgIpc) is 3.45. The van der Waals surface area contributed by atoms with Crippen molar-refractivity contribution in [2.45, 2.75) is 31.9 Å². The summed E-state index contributed by atoms with van der Waals surface area (Å²) in [6.07, 6.45) is 3.81. The Morgan fingerprint density at radius 2 is 1.78 bits per heavy atom. The van der Waals surface area contributed by atoms with Gasteiger partial charge in [0.1, 0.15) is 18.1 Å². The quantitative estimate of drug-likeness (QED) is 0.355. The van der Waals surface area contributed by atoms with E-state index in [0.717, 1.165) is 11.1 Å². The third-order valence-corrected chi connectivity index (χ3v) is 8.32. The van der Waals surface area contributed by atoms with Gasteiger partial charge in [-0.2, -0.15) is 0 Å². The number of aliphatic hydroxyl groups excluding tert-OH is 1. The van der Waals surface area contributed by atoms with Crippen LogP contribution in [0.25, 0.3) is 0 Å². The summed E-state index contributed by atoms with van der Waals surface area (Å²) in [6.45, 7) is -0.0970. The monoisotopic (exact) mass is 547 g/mol. The molecule has 182 valence electrons. The van der Waals surface area contributed by atoms with Crippen LogP contribution in [0.3, 0.4) is 0 Å². The summed E-state index contributed by atoms with van der Waals surface area (Å²) in [6, 6.07) is 12.7. The summed E-state index contributed by atoms with van der Waals surface area (Å²) in [7, 11) is 0. The van der Waals surface area contributed by atoms with E-state index in [1.54, 1.807) is 12.1 Å². The first-order valence-corrected chi connectivity index (χ1v) is 12.7. The van der Waals surface area contributed by atoms with Crippen LogP contribution in [0, 0.1) is 17.8 Å². The molecule has 0 bridgehead atoms. The maximum atomic E-state index is 13.7. The molecule has 1 N–H and O–H groups in total. The molecule has 1 saturated heterocycles. The summed E-state index contributed by atoms with van der Waals surface area (Å²) in [5.74, 6) is -2.43. The highest BCUT2D eigenvalue weighted by molar-refractivity contribution is 9.12. The number of Topliss-reactive ketones (excluding diaryl/α,β-unsaturated/α-hetero) is 1. The molecule has 2 amide bonds. The highest BCUT2D eigenvalue weighted by Crippen LogP contribution is 2.55. The van der Waals surface area contributed by atoms with Crippen molar-refractivity contribution in [3.63, 3.8) is 0 Å². The van der Waals surface area contributed by atoms with Crippen molar-refractivity contribution in [3.05, 3.63) is 92.9 Å². The molecule has 2 heterocycles. The fourth-order valence-corrected chi connectivity index (χ4v) is 6.60. The van der Waals surface area contributed by atoms with Crippen molar-refractivity contribution >= 4 is 39.3 Å². The molecule has 4 atom stereocenters. The molecular weight excluding hydrogens is 526 g/mol. The average molecular weight is 548 g/mol. The lowest BCUT2D eigenvalue weighted by atomic mass is 9.60. The number of nitrogens with zero attached hydrogens (tertiary/aromatic N) is 1. The predicted molar refractivity (Wildman–Crippen MR) is 131 cm³/mol. The standard InChI is InChI=1S/C28H22BrNO6/c29-20-11-21(32)24-19(26(20)33)10-18-16(25(24)22-9-6-15(13-31)36-22)7-8-17-23(18)28(35)30(27(17)34)12-14-4-2-1-3-5-14/h1-7,9,11,17-18,23,25,31H,8,10,12-13H2/t17-,18+,23-,25+/m0/s1. The van der Waals surface area contributed by atoms with E-state index >= 15 is 0 Å². The van der Waals surface area contributed by atoms with E-state index in [1.807, 2.05) is 36.4 Å². The second kappa shape index (κ2) is 8.64. The Hall–Kier alpha value is -3.36. The molecule has 2 aromatic rings. The van der Waals surface area contributed by atoms with Crippen LogP contribution in [0.4, 0.5) is 0 Å². The molecule has 1 aliphatic heterocycles. The lowest BCUT2D eigenvalue weighted by Crippen LogP contribution is -2.39. The van der Waals surface area contributed by atoms with Crippen molar-refractivity contribution < 1.29 is 28.7 Å². The molecule has 8 heteroatoms. The highest BCUT2D eigenvalue weighted by Gasteiger charge is 2.56. The topological polar surface area (TPSA) is 105 Å². The van der Waals surface area contributed by atoms with Gasteiger partial charge >= 0.3 is 0 Å². The minimum absolute atomic E-state index is 0.180. The SMILES string of the molecule is O=C1C=C(Br)C(=O)C2=C1[C@@H](c1ccc(CO)o1)C1=CC[C@@H]3C(=O)N(Cc4ccccc4)C(=O)[C@@H]3[C@@H]1C2. The van der Waals surface area contributed by atoms with Gasteiger partial charge in [-0.15, -0.1) is 0 Å². The van der Waals surface area contributed by atoms with Crippen LogP contribution < -0.4 is 0 Å². The number of amides is 2. The largest absolute Gasteiger partial charge is 0.463 e. The Kier molecular flexibility index (Phi) is 5.53. The zero-order chi connectivity index (χ0) is 25.1. The molecule has 1 fully saturated rings. The summed E-state index contributed by atoms with van der Waals surface area (Å²) in [4.78, 5) is 54.7. The van der Waals surface area contributed by atoms with Gasteiger partial charge in [0.05, 0.1) is 28.8 Å². The second-order valence-corrected chi connectivity index (χ2v) is 10.5.